The zero-order chi connectivity index (χ0) is 9.52. The molecule has 0 fully saturated rings. The predicted molar refractivity (Wildman–Crippen MR) is 54.8 cm³/mol. The Labute approximate surface area is 79.9 Å². The van der Waals surface area contributed by atoms with Gasteiger partial charge in [0.05, 0.1) is 13.2 Å². The van der Waals surface area contributed by atoms with E-state index >= 15 is 0 Å². The Morgan fingerprint density at radius 3 is 2.92 bits per heavy atom. The summed E-state index contributed by atoms with van der Waals surface area (Å²) in [6.45, 7) is 4.48. The van der Waals surface area contributed by atoms with E-state index in [9.17, 15) is 0 Å². The summed E-state index contributed by atoms with van der Waals surface area (Å²) < 4.78 is 5.45. The van der Waals surface area contributed by atoms with Crippen LogP contribution in [-0.2, 0) is 11.3 Å². The Balaban J connectivity index is 2.28. The number of hydrogen-bond donors (Lipinski definition) is 1. The second-order valence-corrected chi connectivity index (χ2v) is 3.15. The van der Waals surface area contributed by atoms with Crippen LogP contribution in [0.2, 0.25) is 0 Å². The first-order chi connectivity index (χ1) is 6.33. The van der Waals surface area contributed by atoms with Gasteiger partial charge in [0, 0.05) is 6.54 Å². The molecule has 72 valence electrons. The number of aryl methyl sites for hydroxylation is 1. The maximum absolute atomic E-state index is 5.45. The van der Waals surface area contributed by atoms with E-state index in [-0.39, 0.29) is 0 Å². The number of likely N-dealkylation sites (N-methyl/N-ethyl adjacent to an activating group) is 1. The average molecular weight is 179 g/mol. The first-order valence-corrected chi connectivity index (χ1v) is 4.61. The highest BCUT2D eigenvalue weighted by molar-refractivity contribution is 5.21. The van der Waals surface area contributed by atoms with Crippen LogP contribution in [-0.4, -0.2) is 20.2 Å². The molecule has 0 spiro atoms. The van der Waals surface area contributed by atoms with E-state index < -0.39 is 0 Å². The predicted octanol–water partition coefficient (Wildman–Crippen LogP) is 1.73. The fraction of sp³-hybridized carbons (Fsp3) is 0.455. The lowest BCUT2D eigenvalue weighted by molar-refractivity contribution is 0.124. The fourth-order valence-electron chi connectivity index (χ4n) is 1.17. The molecule has 0 aliphatic carbocycles. The lowest BCUT2D eigenvalue weighted by Crippen LogP contribution is -2.13. The molecule has 0 saturated heterocycles. The van der Waals surface area contributed by atoms with Crippen LogP contribution in [0, 0.1) is 6.92 Å². The third-order valence-electron chi connectivity index (χ3n) is 1.85. The third kappa shape index (κ3) is 4.06. The first kappa shape index (κ1) is 10.2. The molecule has 2 nitrogen and oxygen atoms in total. The Kier molecular flexibility index (Phi) is 4.50. The fourth-order valence-corrected chi connectivity index (χ4v) is 1.17. The molecule has 0 amide bonds. The highest BCUT2D eigenvalue weighted by Crippen LogP contribution is 2.04. The molecule has 1 aromatic rings. The minimum absolute atomic E-state index is 0.712. The molecule has 0 atom stereocenters. The number of hydrogen-bond acceptors (Lipinski definition) is 2. The summed E-state index contributed by atoms with van der Waals surface area (Å²) in [5.74, 6) is 0. The molecule has 0 radical (unpaired) electrons. The van der Waals surface area contributed by atoms with Crippen molar-refractivity contribution in [2.45, 2.75) is 13.5 Å². The molecular weight excluding hydrogens is 162 g/mol. The quantitative estimate of drug-likeness (QED) is 0.695. The van der Waals surface area contributed by atoms with Gasteiger partial charge in [-0.1, -0.05) is 29.8 Å². The largest absolute Gasteiger partial charge is 0.375 e. The number of ether oxygens (including phenoxy) is 1. The van der Waals surface area contributed by atoms with Crippen molar-refractivity contribution in [2.75, 3.05) is 20.2 Å². The minimum atomic E-state index is 0.712. The Hall–Kier alpha value is -0.860. The molecule has 0 saturated carbocycles. The van der Waals surface area contributed by atoms with Crippen LogP contribution in [0.25, 0.3) is 0 Å². The first-order valence-electron chi connectivity index (χ1n) is 4.61. The molecule has 1 N–H and O–H groups in total. The molecule has 0 unspecified atom stereocenters. The van der Waals surface area contributed by atoms with E-state index in [0.29, 0.717) is 6.61 Å². The van der Waals surface area contributed by atoms with Crippen molar-refractivity contribution in [1.29, 1.82) is 0 Å². The van der Waals surface area contributed by atoms with Gasteiger partial charge in [-0.3, -0.25) is 0 Å². The van der Waals surface area contributed by atoms with Crippen molar-refractivity contribution in [3.63, 3.8) is 0 Å². The van der Waals surface area contributed by atoms with Gasteiger partial charge in [0.2, 0.25) is 0 Å². The standard InChI is InChI=1S/C11H17NO/c1-10-4-3-5-11(8-10)9-13-7-6-12-2/h3-5,8,12H,6-7,9H2,1-2H3. The highest BCUT2D eigenvalue weighted by Gasteiger charge is 1.92. The maximum Gasteiger partial charge on any atom is 0.0717 e. The topological polar surface area (TPSA) is 21.3 Å². The van der Waals surface area contributed by atoms with E-state index in [0.717, 1.165) is 13.2 Å². The van der Waals surface area contributed by atoms with Crippen molar-refractivity contribution in [2.24, 2.45) is 0 Å². The van der Waals surface area contributed by atoms with Gasteiger partial charge < -0.3 is 10.1 Å². The van der Waals surface area contributed by atoms with Crippen LogP contribution in [0.1, 0.15) is 11.1 Å². The van der Waals surface area contributed by atoms with E-state index in [1.807, 2.05) is 7.05 Å². The van der Waals surface area contributed by atoms with Crippen molar-refractivity contribution in [3.8, 4) is 0 Å². The van der Waals surface area contributed by atoms with Crippen LogP contribution >= 0.6 is 0 Å². The van der Waals surface area contributed by atoms with Crippen molar-refractivity contribution in [3.05, 3.63) is 35.4 Å². The molecule has 0 heterocycles. The smallest absolute Gasteiger partial charge is 0.0717 e. The molecule has 0 aliphatic rings. The molecule has 0 bridgehead atoms. The van der Waals surface area contributed by atoms with Gasteiger partial charge in [-0.2, -0.15) is 0 Å². The maximum atomic E-state index is 5.45. The number of rotatable bonds is 5. The number of benzene rings is 1. The highest BCUT2D eigenvalue weighted by atomic mass is 16.5. The Bertz CT molecular complexity index is 248. The molecule has 2 heteroatoms. The summed E-state index contributed by atoms with van der Waals surface area (Å²) in [4.78, 5) is 0. The van der Waals surface area contributed by atoms with Crippen molar-refractivity contribution < 1.29 is 4.74 Å². The molecule has 1 rings (SSSR count). The van der Waals surface area contributed by atoms with Crippen LogP contribution in [0.3, 0.4) is 0 Å². The second kappa shape index (κ2) is 5.73. The summed E-state index contributed by atoms with van der Waals surface area (Å²) in [5.41, 5.74) is 2.53. The third-order valence-corrected chi connectivity index (χ3v) is 1.85. The van der Waals surface area contributed by atoms with Gasteiger partial charge in [0.25, 0.3) is 0 Å². The van der Waals surface area contributed by atoms with Gasteiger partial charge >= 0.3 is 0 Å². The van der Waals surface area contributed by atoms with Crippen molar-refractivity contribution >= 4 is 0 Å². The van der Waals surface area contributed by atoms with Crippen LogP contribution in [0.5, 0.6) is 0 Å². The minimum Gasteiger partial charge on any atom is -0.375 e. The SMILES string of the molecule is CNCCOCc1cccc(C)c1. The van der Waals surface area contributed by atoms with E-state index in [2.05, 4.69) is 36.5 Å². The zero-order valence-corrected chi connectivity index (χ0v) is 8.34. The summed E-state index contributed by atoms with van der Waals surface area (Å²) in [7, 11) is 1.93. The van der Waals surface area contributed by atoms with Gasteiger partial charge in [0.1, 0.15) is 0 Å². The lowest BCUT2D eigenvalue weighted by atomic mass is 10.1. The monoisotopic (exact) mass is 179 g/mol. The van der Waals surface area contributed by atoms with Crippen LogP contribution in [0.15, 0.2) is 24.3 Å². The molecule has 0 aliphatic heterocycles. The molecule has 13 heavy (non-hydrogen) atoms. The van der Waals surface area contributed by atoms with E-state index in [1.54, 1.807) is 0 Å². The van der Waals surface area contributed by atoms with Crippen molar-refractivity contribution in [1.82, 2.24) is 5.32 Å². The Morgan fingerprint density at radius 1 is 1.38 bits per heavy atom. The van der Waals surface area contributed by atoms with Gasteiger partial charge in [0.15, 0.2) is 0 Å². The van der Waals surface area contributed by atoms with Crippen LogP contribution in [0.4, 0.5) is 0 Å². The van der Waals surface area contributed by atoms with E-state index in [1.165, 1.54) is 11.1 Å². The summed E-state index contributed by atoms with van der Waals surface area (Å²) in [6, 6.07) is 8.40. The summed E-state index contributed by atoms with van der Waals surface area (Å²) >= 11 is 0. The normalized spacial score (nSPS) is 10.3. The van der Waals surface area contributed by atoms with E-state index in [4.69, 9.17) is 4.74 Å². The second-order valence-electron chi connectivity index (χ2n) is 3.15. The molecule has 1 aromatic carbocycles. The summed E-state index contributed by atoms with van der Waals surface area (Å²) in [5, 5.41) is 3.04. The lowest BCUT2D eigenvalue weighted by Gasteiger charge is -2.04. The van der Waals surface area contributed by atoms with Gasteiger partial charge in [-0.25, -0.2) is 0 Å². The van der Waals surface area contributed by atoms with Gasteiger partial charge in [-0.15, -0.1) is 0 Å². The molecular formula is C11H17NO. The number of nitrogens with one attached hydrogen (secondary N) is 1. The van der Waals surface area contributed by atoms with Gasteiger partial charge in [-0.05, 0) is 19.5 Å². The van der Waals surface area contributed by atoms with Crippen LogP contribution < -0.4 is 5.32 Å². The zero-order valence-electron chi connectivity index (χ0n) is 8.34. The average Bonchev–Trinajstić information content (AvgIpc) is 2.13. The Morgan fingerprint density at radius 2 is 2.23 bits per heavy atom. The summed E-state index contributed by atoms with van der Waals surface area (Å²) in [6.07, 6.45) is 0. The molecule has 0 aromatic heterocycles.